The Kier molecular flexibility index (Phi) is 4.05. The van der Waals surface area contributed by atoms with Gasteiger partial charge in [0.05, 0.1) is 5.75 Å². The molecule has 2 rings (SSSR count). The third-order valence-electron chi connectivity index (χ3n) is 3.33. The number of hydrogen-bond donors (Lipinski definition) is 1. The van der Waals surface area contributed by atoms with Crippen LogP contribution in [0.25, 0.3) is 0 Å². The molecule has 1 aromatic heterocycles. The molecule has 0 aromatic carbocycles. The molecule has 0 unspecified atom stereocenters. The fourth-order valence-electron chi connectivity index (χ4n) is 2.44. The Morgan fingerprint density at radius 2 is 2.00 bits per heavy atom. The molecule has 1 saturated heterocycles. The molecule has 1 fully saturated rings. The van der Waals surface area contributed by atoms with Crippen molar-refractivity contribution in [3.8, 4) is 0 Å². The predicted octanol–water partition coefficient (Wildman–Crippen LogP) is 0.611. The third-order valence-corrected chi connectivity index (χ3v) is 4.77. The second kappa shape index (κ2) is 5.42. The number of sulfonamides is 1. The summed E-state index contributed by atoms with van der Waals surface area (Å²) in [7, 11) is -1.76. The lowest BCUT2D eigenvalue weighted by Gasteiger charge is -2.24. The summed E-state index contributed by atoms with van der Waals surface area (Å²) in [6.45, 7) is 4.66. The van der Waals surface area contributed by atoms with Crippen LogP contribution in [0.3, 0.4) is 0 Å². The van der Waals surface area contributed by atoms with Crippen molar-refractivity contribution in [2.24, 2.45) is 0 Å². The zero-order valence-corrected chi connectivity index (χ0v) is 12.4. The lowest BCUT2D eigenvalue weighted by atomic mass is 10.2. The van der Waals surface area contributed by atoms with Gasteiger partial charge in [-0.15, -0.1) is 0 Å². The minimum Gasteiger partial charge on any atom is -0.337 e. The van der Waals surface area contributed by atoms with Crippen molar-refractivity contribution in [3.63, 3.8) is 0 Å². The van der Waals surface area contributed by atoms with Crippen LogP contribution < -0.4 is 9.62 Å². The summed E-state index contributed by atoms with van der Waals surface area (Å²) in [6, 6.07) is 1.87. The predicted molar refractivity (Wildman–Crippen MR) is 74.7 cm³/mol. The van der Waals surface area contributed by atoms with Crippen LogP contribution in [0.15, 0.2) is 6.07 Å². The molecule has 0 amide bonds. The van der Waals surface area contributed by atoms with E-state index in [1.807, 2.05) is 24.8 Å². The molecule has 7 heteroatoms. The topological polar surface area (TPSA) is 75.2 Å². The fourth-order valence-corrected chi connectivity index (χ4v) is 3.46. The minimum absolute atomic E-state index is 0.0429. The van der Waals surface area contributed by atoms with Gasteiger partial charge in [-0.1, -0.05) is 0 Å². The van der Waals surface area contributed by atoms with Crippen LogP contribution in [-0.4, -0.2) is 43.8 Å². The van der Waals surface area contributed by atoms with Gasteiger partial charge in [0.15, 0.2) is 0 Å². The average molecular weight is 284 g/mol. The van der Waals surface area contributed by atoms with Crippen molar-refractivity contribution in [2.45, 2.75) is 32.7 Å². The first-order chi connectivity index (χ1) is 8.91. The van der Waals surface area contributed by atoms with Crippen molar-refractivity contribution in [1.29, 1.82) is 0 Å². The molecule has 1 aliphatic heterocycles. The summed E-state index contributed by atoms with van der Waals surface area (Å²) in [5.41, 5.74) is 1.81. The van der Waals surface area contributed by atoms with Gasteiger partial charge < -0.3 is 4.90 Å². The number of aromatic nitrogens is 2. The quantitative estimate of drug-likeness (QED) is 0.877. The van der Waals surface area contributed by atoms with E-state index in [0.29, 0.717) is 5.95 Å². The third kappa shape index (κ3) is 3.42. The van der Waals surface area contributed by atoms with Crippen LogP contribution in [0.5, 0.6) is 0 Å². The highest BCUT2D eigenvalue weighted by molar-refractivity contribution is 7.89. The Morgan fingerprint density at radius 1 is 1.37 bits per heavy atom. The number of nitrogens with zero attached hydrogens (tertiary/aromatic N) is 3. The maximum atomic E-state index is 11.7. The van der Waals surface area contributed by atoms with Gasteiger partial charge in [0.1, 0.15) is 0 Å². The van der Waals surface area contributed by atoms with E-state index in [1.54, 1.807) is 0 Å². The van der Waals surface area contributed by atoms with Gasteiger partial charge in [-0.3, -0.25) is 0 Å². The summed E-state index contributed by atoms with van der Waals surface area (Å²) in [5.74, 6) is 0.742. The van der Waals surface area contributed by atoms with Crippen molar-refractivity contribution >= 4 is 16.0 Å². The molecule has 1 atom stereocenters. The Morgan fingerprint density at radius 3 is 2.58 bits per heavy atom. The molecule has 2 heterocycles. The van der Waals surface area contributed by atoms with Gasteiger partial charge in [0.2, 0.25) is 16.0 Å². The molecule has 6 nitrogen and oxygen atoms in total. The van der Waals surface area contributed by atoms with Crippen LogP contribution in [0, 0.1) is 13.8 Å². The first kappa shape index (κ1) is 14.2. The van der Waals surface area contributed by atoms with Gasteiger partial charge in [0, 0.05) is 24.0 Å². The van der Waals surface area contributed by atoms with Crippen LogP contribution in [-0.2, 0) is 10.0 Å². The molecule has 1 aromatic rings. The second-order valence-corrected chi connectivity index (χ2v) is 6.90. The van der Waals surface area contributed by atoms with E-state index in [1.165, 1.54) is 7.05 Å². The molecule has 19 heavy (non-hydrogen) atoms. The first-order valence-electron chi connectivity index (χ1n) is 6.41. The zero-order valence-electron chi connectivity index (χ0n) is 11.5. The molecule has 106 valence electrons. The van der Waals surface area contributed by atoms with E-state index in [0.717, 1.165) is 30.8 Å². The molecule has 0 bridgehead atoms. The maximum Gasteiger partial charge on any atom is 0.226 e. The van der Waals surface area contributed by atoms with Crippen molar-refractivity contribution in [3.05, 3.63) is 17.5 Å². The Balaban J connectivity index is 2.23. The molecular formula is C12H20N4O2S. The lowest BCUT2D eigenvalue weighted by molar-refractivity contribution is 0.577. The van der Waals surface area contributed by atoms with Crippen molar-refractivity contribution in [1.82, 2.24) is 14.7 Å². The second-order valence-electron chi connectivity index (χ2n) is 4.93. The standard InChI is InChI=1S/C12H20N4O2S/c1-9-7-10(2)15-12(14-9)16-6-4-5-11(16)8-19(17,18)13-3/h7,11,13H,4-6,8H2,1-3H3/t11-/m1/s1. The van der Waals surface area contributed by atoms with Gasteiger partial charge in [-0.2, -0.15) is 0 Å². The molecule has 1 aliphatic rings. The maximum absolute atomic E-state index is 11.7. The molecule has 0 radical (unpaired) electrons. The highest BCUT2D eigenvalue weighted by atomic mass is 32.2. The number of hydrogen-bond acceptors (Lipinski definition) is 5. The largest absolute Gasteiger partial charge is 0.337 e. The average Bonchev–Trinajstić information content (AvgIpc) is 2.75. The number of rotatable bonds is 4. The highest BCUT2D eigenvalue weighted by Crippen LogP contribution is 2.23. The fraction of sp³-hybridized carbons (Fsp3) is 0.667. The van der Waals surface area contributed by atoms with Crippen LogP contribution in [0.1, 0.15) is 24.2 Å². The smallest absolute Gasteiger partial charge is 0.226 e. The van der Waals surface area contributed by atoms with Gasteiger partial charge >= 0.3 is 0 Å². The molecule has 0 spiro atoms. The monoisotopic (exact) mass is 284 g/mol. The van der Waals surface area contributed by atoms with Crippen molar-refractivity contribution < 1.29 is 8.42 Å². The number of nitrogens with one attached hydrogen (secondary N) is 1. The number of aryl methyl sites for hydroxylation is 2. The molecule has 0 saturated carbocycles. The van der Waals surface area contributed by atoms with Crippen LogP contribution in [0.4, 0.5) is 5.95 Å². The highest BCUT2D eigenvalue weighted by Gasteiger charge is 2.30. The summed E-state index contributed by atoms with van der Waals surface area (Å²) in [6.07, 6.45) is 1.83. The Labute approximate surface area is 114 Å². The van der Waals surface area contributed by atoms with Crippen molar-refractivity contribution in [2.75, 3.05) is 24.2 Å². The van der Waals surface area contributed by atoms with Gasteiger partial charge in [-0.25, -0.2) is 23.1 Å². The van der Waals surface area contributed by atoms with E-state index < -0.39 is 10.0 Å². The van der Waals surface area contributed by atoms with Crippen LogP contribution >= 0.6 is 0 Å². The van der Waals surface area contributed by atoms with Gasteiger partial charge in [0.25, 0.3) is 0 Å². The number of anilines is 1. The van der Waals surface area contributed by atoms with E-state index in [9.17, 15) is 8.42 Å². The zero-order chi connectivity index (χ0) is 14.0. The summed E-state index contributed by atoms with van der Waals surface area (Å²) in [5, 5.41) is 0. The minimum atomic E-state index is -3.21. The Hall–Kier alpha value is -1.21. The lowest BCUT2D eigenvalue weighted by Crippen LogP contribution is -2.39. The van der Waals surface area contributed by atoms with E-state index >= 15 is 0 Å². The summed E-state index contributed by atoms with van der Waals surface area (Å²) in [4.78, 5) is 10.9. The first-order valence-corrected chi connectivity index (χ1v) is 8.06. The Bertz CT molecular complexity index is 539. The van der Waals surface area contributed by atoms with E-state index in [2.05, 4.69) is 14.7 Å². The molecule has 0 aliphatic carbocycles. The summed E-state index contributed by atoms with van der Waals surface area (Å²) >= 11 is 0. The van der Waals surface area contributed by atoms with E-state index in [4.69, 9.17) is 0 Å². The molecular weight excluding hydrogens is 264 g/mol. The molecule has 1 N–H and O–H groups in total. The van der Waals surface area contributed by atoms with Gasteiger partial charge in [-0.05, 0) is 39.8 Å². The SMILES string of the molecule is CNS(=O)(=O)C[C@H]1CCCN1c1nc(C)cc(C)n1. The summed E-state index contributed by atoms with van der Waals surface area (Å²) < 4.78 is 25.7. The van der Waals surface area contributed by atoms with E-state index in [-0.39, 0.29) is 11.8 Å². The van der Waals surface area contributed by atoms with Crippen LogP contribution in [0.2, 0.25) is 0 Å². The normalized spacial score (nSPS) is 19.9.